The minimum atomic E-state index is -0.636. The number of piperidine rings is 1. The van der Waals surface area contributed by atoms with Crippen LogP contribution < -0.4 is 19.9 Å². The van der Waals surface area contributed by atoms with Gasteiger partial charge in [-0.15, -0.1) is 0 Å². The molecule has 1 aromatic heterocycles. The van der Waals surface area contributed by atoms with Crippen molar-refractivity contribution in [2.75, 3.05) is 19.7 Å². The summed E-state index contributed by atoms with van der Waals surface area (Å²) in [6, 6.07) is 6.69. The molecule has 0 aliphatic carbocycles. The van der Waals surface area contributed by atoms with Crippen LogP contribution in [0.1, 0.15) is 30.1 Å². The molecule has 1 aromatic carbocycles. The van der Waals surface area contributed by atoms with E-state index in [0.29, 0.717) is 49.1 Å². The molecule has 2 N–H and O–H groups in total. The number of hydrogen-bond donors (Lipinski definition) is 1. The molecular formula is C20H22ClN3O5. The molecule has 2 aromatic rings. The molecule has 9 heteroatoms. The summed E-state index contributed by atoms with van der Waals surface area (Å²) < 4.78 is 16.8. The molecule has 0 spiro atoms. The van der Waals surface area contributed by atoms with Crippen molar-refractivity contribution in [2.24, 2.45) is 5.73 Å². The lowest BCUT2D eigenvalue weighted by Crippen LogP contribution is -2.43. The van der Waals surface area contributed by atoms with E-state index in [1.165, 1.54) is 18.5 Å². The lowest BCUT2D eigenvalue weighted by atomic mass is 10.1. The first-order chi connectivity index (χ1) is 14.0. The molecule has 0 atom stereocenters. The second-order valence-electron chi connectivity index (χ2n) is 6.47. The predicted octanol–water partition coefficient (Wildman–Crippen LogP) is 3.27. The van der Waals surface area contributed by atoms with Crippen LogP contribution in [0, 0.1) is 0 Å². The highest BCUT2D eigenvalue weighted by Crippen LogP contribution is 2.30. The van der Waals surface area contributed by atoms with Crippen molar-refractivity contribution >= 4 is 23.6 Å². The zero-order chi connectivity index (χ0) is 20.8. The van der Waals surface area contributed by atoms with E-state index >= 15 is 0 Å². The van der Waals surface area contributed by atoms with Gasteiger partial charge in [0.15, 0.2) is 5.75 Å². The number of halogens is 1. The van der Waals surface area contributed by atoms with E-state index in [9.17, 15) is 9.59 Å². The number of aromatic nitrogens is 1. The zero-order valence-corrected chi connectivity index (χ0v) is 16.7. The summed E-state index contributed by atoms with van der Waals surface area (Å²) in [6.45, 7) is 3.37. The van der Waals surface area contributed by atoms with Gasteiger partial charge in [0, 0.05) is 38.2 Å². The van der Waals surface area contributed by atoms with Gasteiger partial charge >= 0.3 is 6.09 Å². The zero-order valence-electron chi connectivity index (χ0n) is 16.0. The average molecular weight is 420 g/mol. The number of carbonyl (C=O) groups is 2. The molecule has 1 fully saturated rings. The minimum Gasteiger partial charge on any atom is -0.492 e. The third kappa shape index (κ3) is 5.51. The van der Waals surface area contributed by atoms with E-state index in [1.807, 2.05) is 6.92 Å². The summed E-state index contributed by atoms with van der Waals surface area (Å²) in [5.41, 5.74) is 5.39. The summed E-state index contributed by atoms with van der Waals surface area (Å²) in [5.74, 6) is 0.796. The molecule has 0 saturated carbocycles. The summed E-state index contributed by atoms with van der Waals surface area (Å²) in [4.78, 5) is 29.0. The Bertz CT molecular complexity index is 884. The first kappa shape index (κ1) is 20.7. The third-order valence-electron chi connectivity index (χ3n) is 4.41. The Morgan fingerprint density at radius 3 is 2.66 bits per heavy atom. The fourth-order valence-corrected chi connectivity index (χ4v) is 3.12. The van der Waals surface area contributed by atoms with E-state index in [4.69, 9.17) is 31.5 Å². The molecule has 0 radical (unpaired) electrons. The monoisotopic (exact) mass is 419 g/mol. The molecule has 2 heterocycles. The van der Waals surface area contributed by atoms with Crippen LogP contribution in [0.4, 0.5) is 4.79 Å². The van der Waals surface area contributed by atoms with Crippen molar-refractivity contribution < 1.29 is 23.8 Å². The molecule has 154 valence electrons. The van der Waals surface area contributed by atoms with E-state index in [2.05, 4.69) is 4.98 Å². The van der Waals surface area contributed by atoms with Crippen molar-refractivity contribution in [2.45, 2.75) is 25.9 Å². The first-order valence-electron chi connectivity index (χ1n) is 9.27. The topological polar surface area (TPSA) is 104 Å². The van der Waals surface area contributed by atoms with Gasteiger partial charge in [-0.2, -0.15) is 0 Å². The smallest absolute Gasteiger partial charge is 0.415 e. The van der Waals surface area contributed by atoms with Gasteiger partial charge in [0.1, 0.15) is 17.6 Å². The number of likely N-dealkylation sites (tertiary alicyclic amines) is 1. The minimum absolute atomic E-state index is 0.0328. The number of hydrogen-bond acceptors (Lipinski definition) is 6. The highest BCUT2D eigenvalue weighted by atomic mass is 35.5. The van der Waals surface area contributed by atoms with Crippen molar-refractivity contribution in [3.05, 3.63) is 47.2 Å². The van der Waals surface area contributed by atoms with E-state index < -0.39 is 12.0 Å². The summed E-state index contributed by atoms with van der Waals surface area (Å²) >= 11 is 6.10. The second kappa shape index (κ2) is 9.47. The number of nitrogens with two attached hydrogens (primary N) is 1. The number of amides is 2. The first-order valence-corrected chi connectivity index (χ1v) is 9.64. The van der Waals surface area contributed by atoms with Crippen LogP contribution in [-0.4, -0.2) is 47.7 Å². The number of nitrogens with zero attached hydrogens (tertiary/aromatic N) is 2. The molecule has 1 aliphatic rings. The molecule has 0 unspecified atom stereocenters. The number of benzene rings is 1. The van der Waals surface area contributed by atoms with Crippen LogP contribution >= 0.6 is 11.6 Å². The summed E-state index contributed by atoms with van der Waals surface area (Å²) in [6.07, 6.45) is 3.45. The van der Waals surface area contributed by atoms with Crippen LogP contribution in [0.5, 0.6) is 17.2 Å². The summed E-state index contributed by atoms with van der Waals surface area (Å²) in [5, 5.41) is 0.534. The Balaban J connectivity index is 1.52. The maximum atomic E-state index is 12.4. The van der Waals surface area contributed by atoms with Crippen LogP contribution in [0.2, 0.25) is 5.02 Å². The standard InChI is InChI=1S/C20H22ClN3O5/c1-2-27-18-10-15(3-4-17(18)21)28-14-5-7-24(8-6-14)20(26)29-16-9-13(19(22)25)11-23-12-16/h3-4,9-12,14H,2,5-8H2,1H3,(H2,22,25). The van der Waals surface area contributed by atoms with Crippen molar-refractivity contribution in [1.82, 2.24) is 9.88 Å². The highest BCUT2D eigenvalue weighted by Gasteiger charge is 2.25. The second-order valence-corrected chi connectivity index (χ2v) is 6.88. The molecule has 29 heavy (non-hydrogen) atoms. The van der Waals surface area contributed by atoms with Gasteiger partial charge in [-0.05, 0) is 25.1 Å². The molecule has 3 rings (SSSR count). The fraction of sp³-hybridized carbons (Fsp3) is 0.350. The molecule has 1 aliphatic heterocycles. The Labute approximate surface area is 173 Å². The SMILES string of the molecule is CCOc1cc(OC2CCN(C(=O)Oc3cncc(C(N)=O)c3)CC2)ccc1Cl. The fourth-order valence-electron chi connectivity index (χ4n) is 2.95. The van der Waals surface area contributed by atoms with Gasteiger partial charge in [0.05, 0.1) is 23.4 Å². The molecular weight excluding hydrogens is 398 g/mol. The number of pyridine rings is 1. The van der Waals surface area contributed by atoms with Crippen LogP contribution in [0.3, 0.4) is 0 Å². The van der Waals surface area contributed by atoms with Crippen LogP contribution in [0.15, 0.2) is 36.7 Å². The molecule has 2 amide bonds. The Morgan fingerprint density at radius 1 is 1.21 bits per heavy atom. The maximum Gasteiger partial charge on any atom is 0.415 e. The lowest BCUT2D eigenvalue weighted by molar-refractivity contribution is 0.0924. The van der Waals surface area contributed by atoms with E-state index in [1.54, 1.807) is 23.1 Å². The normalized spacial score (nSPS) is 14.3. The highest BCUT2D eigenvalue weighted by molar-refractivity contribution is 6.32. The van der Waals surface area contributed by atoms with Crippen molar-refractivity contribution in [3.8, 4) is 17.2 Å². The van der Waals surface area contributed by atoms with Gasteiger partial charge in [0.2, 0.25) is 5.91 Å². The van der Waals surface area contributed by atoms with E-state index in [0.717, 1.165) is 0 Å². The predicted molar refractivity (Wildman–Crippen MR) is 107 cm³/mol. The van der Waals surface area contributed by atoms with Gasteiger partial charge in [-0.1, -0.05) is 11.6 Å². The maximum absolute atomic E-state index is 12.4. The molecule has 0 bridgehead atoms. The van der Waals surface area contributed by atoms with Crippen LogP contribution in [0.25, 0.3) is 0 Å². The Morgan fingerprint density at radius 2 is 1.97 bits per heavy atom. The lowest BCUT2D eigenvalue weighted by Gasteiger charge is -2.31. The number of primary amides is 1. The quantitative estimate of drug-likeness (QED) is 0.770. The molecule has 1 saturated heterocycles. The number of ether oxygens (including phenoxy) is 3. The largest absolute Gasteiger partial charge is 0.492 e. The van der Waals surface area contributed by atoms with Crippen LogP contribution in [-0.2, 0) is 0 Å². The third-order valence-corrected chi connectivity index (χ3v) is 4.72. The summed E-state index contributed by atoms with van der Waals surface area (Å²) in [7, 11) is 0. The number of carbonyl (C=O) groups excluding carboxylic acids is 2. The van der Waals surface area contributed by atoms with E-state index in [-0.39, 0.29) is 17.4 Å². The van der Waals surface area contributed by atoms with Gasteiger partial charge in [0.25, 0.3) is 0 Å². The van der Waals surface area contributed by atoms with Gasteiger partial charge in [-0.3, -0.25) is 9.78 Å². The molecule has 8 nitrogen and oxygen atoms in total. The number of rotatable bonds is 6. The van der Waals surface area contributed by atoms with Gasteiger partial charge in [-0.25, -0.2) is 4.79 Å². The Hall–Kier alpha value is -3.00. The van der Waals surface area contributed by atoms with Crippen molar-refractivity contribution in [1.29, 1.82) is 0 Å². The average Bonchev–Trinajstić information content (AvgIpc) is 2.71. The Kier molecular flexibility index (Phi) is 6.77. The van der Waals surface area contributed by atoms with Crippen molar-refractivity contribution in [3.63, 3.8) is 0 Å². The van der Waals surface area contributed by atoms with Gasteiger partial charge < -0.3 is 24.8 Å².